The van der Waals surface area contributed by atoms with E-state index in [1.165, 1.54) is 0 Å². The van der Waals surface area contributed by atoms with Gasteiger partial charge >= 0.3 is 0 Å². The second-order valence-electron chi connectivity index (χ2n) is 4.50. The molecule has 0 saturated carbocycles. The zero-order valence-corrected chi connectivity index (χ0v) is 10.9. The molecule has 0 aromatic carbocycles. The Bertz CT molecular complexity index is 467. The molecule has 6 heteroatoms. The number of sulfone groups is 1. The zero-order chi connectivity index (χ0) is 12.3. The molecule has 0 spiro atoms. The number of aromatic nitrogens is 2. The van der Waals surface area contributed by atoms with Crippen LogP contribution in [0.4, 0.5) is 0 Å². The van der Waals surface area contributed by atoms with Gasteiger partial charge in [-0.3, -0.25) is 0 Å². The molecule has 2 heterocycles. The summed E-state index contributed by atoms with van der Waals surface area (Å²) >= 11 is 0. The topological polar surface area (TPSA) is 64.0 Å². The Morgan fingerprint density at radius 1 is 1.59 bits per heavy atom. The molecule has 2 rings (SSSR count). The Morgan fingerprint density at radius 2 is 2.41 bits per heavy atom. The summed E-state index contributed by atoms with van der Waals surface area (Å²) in [6, 6.07) is 0. The molecule has 1 unspecified atom stereocenters. The van der Waals surface area contributed by atoms with Gasteiger partial charge in [0.05, 0.1) is 11.0 Å². The van der Waals surface area contributed by atoms with Crippen molar-refractivity contribution in [2.24, 2.45) is 0 Å². The van der Waals surface area contributed by atoms with Crippen LogP contribution in [0.2, 0.25) is 0 Å². The van der Waals surface area contributed by atoms with Crippen molar-refractivity contribution < 1.29 is 8.42 Å². The van der Waals surface area contributed by atoms with E-state index >= 15 is 0 Å². The molecule has 0 aliphatic carbocycles. The average molecular weight is 257 g/mol. The fraction of sp³-hybridized carbons (Fsp3) is 0.727. The van der Waals surface area contributed by atoms with Crippen LogP contribution in [0.15, 0.2) is 12.4 Å². The summed E-state index contributed by atoms with van der Waals surface area (Å²) in [5, 5.41) is 3.05. The molecule has 17 heavy (non-hydrogen) atoms. The maximum Gasteiger partial charge on any atom is 0.154 e. The van der Waals surface area contributed by atoms with E-state index in [9.17, 15) is 8.42 Å². The van der Waals surface area contributed by atoms with Gasteiger partial charge in [0.25, 0.3) is 0 Å². The number of imidazole rings is 1. The van der Waals surface area contributed by atoms with Gasteiger partial charge in [0, 0.05) is 32.0 Å². The molecule has 1 atom stereocenters. The quantitative estimate of drug-likeness (QED) is 0.774. The first-order chi connectivity index (χ1) is 8.09. The maximum absolute atomic E-state index is 11.6. The van der Waals surface area contributed by atoms with E-state index in [0.717, 1.165) is 31.8 Å². The third-order valence-corrected chi connectivity index (χ3v) is 5.56. The second kappa shape index (κ2) is 5.18. The van der Waals surface area contributed by atoms with Gasteiger partial charge in [0.1, 0.15) is 5.82 Å². The van der Waals surface area contributed by atoms with Crippen molar-refractivity contribution >= 4 is 9.84 Å². The molecule has 96 valence electrons. The third-order valence-electron chi connectivity index (χ3n) is 3.29. The smallest absolute Gasteiger partial charge is 0.154 e. The number of rotatable bonds is 5. The van der Waals surface area contributed by atoms with E-state index < -0.39 is 9.84 Å². The standard InChI is InChI=1S/C11H19N3O2S/c1-10-13-5-7-14(10)6-4-12-9-11-3-2-8-17(11,15)16/h5,7,11-12H,2-4,6,8-9H2,1H3. The molecule has 1 aromatic rings. The first kappa shape index (κ1) is 12.6. The predicted molar refractivity (Wildman–Crippen MR) is 66.6 cm³/mol. The summed E-state index contributed by atoms with van der Waals surface area (Å²) in [7, 11) is -2.81. The molecule has 0 radical (unpaired) electrons. The number of nitrogens with zero attached hydrogens (tertiary/aromatic N) is 2. The van der Waals surface area contributed by atoms with E-state index in [-0.39, 0.29) is 5.25 Å². The van der Waals surface area contributed by atoms with Crippen LogP contribution in [0.25, 0.3) is 0 Å². The van der Waals surface area contributed by atoms with Crippen molar-refractivity contribution in [3.8, 4) is 0 Å². The Kier molecular flexibility index (Phi) is 3.83. The Balaban J connectivity index is 1.72. The maximum atomic E-state index is 11.6. The Labute approximate surface area is 102 Å². The minimum Gasteiger partial charge on any atom is -0.334 e. The van der Waals surface area contributed by atoms with E-state index in [2.05, 4.69) is 14.9 Å². The van der Waals surface area contributed by atoms with Crippen LogP contribution in [0, 0.1) is 6.92 Å². The lowest BCUT2D eigenvalue weighted by Gasteiger charge is -2.11. The molecule has 1 aliphatic heterocycles. The highest BCUT2D eigenvalue weighted by Gasteiger charge is 2.30. The molecule has 5 nitrogen and oxygen atoms in total. The number of hydrogen-bond acceptors (Lipinski definition) is 4. The Hall–Kier alpha value is -0.880. The van der Waals surface area contributed by atoms with Gasteiger partial charge in [-0.15, -0.1) is 0 Å². The van der Waals surface area contributed by atoms with Crippen molar-refractivity contribution in [1.82, 2.24) is 14.9 Å². The van der Waals surface area contributed by atoms with Crippen molar-refractivity contribution in [1.29, 1.82) is 0 Å². The van der Waals surface area contributed by atoms with Crippen LogP contribution in [0.5, 0.6) is 0 Å². The summed E-state index contributed by atoms with van der Waals surface area (Å²) in [6.07, 6.45) is 5.33. The molecular weight excluding hydrogens is 238 g/mol. The predicted octanol–water partition coefficient (Wildman–Crippen LogP) is 0.358. The van der Waals surface area contributed by atoms with E-state index in [0.29, 0.717) is 12.3 Å². The summed E-state index contributed by atoms with van der Waals surface area (Å²) in [4.78, 5) is 4.14. The zero-order valence-electron chi connectivity index (χ0n) is 10.1. The van der Waals surface area contributed by atoms with E-state index in [4.69, 9.17) is 0 Å². The molecule has 0 amide bonds. The first-order valence-corrected chi connectivity index (χ1v) is 7.71. The third kappa shape index (κ3) is 3.07. The highest BCUT2D eigenvalue weighted by Crippen LogP contribution is 2.18. The number of aryl methyl sites for hydroxylation is 1. The number of hydrogen-bond donors (Lipinski definition) is 1. The van der Waals surface area contributed by atoms with Gasteiger partial charge in [-0.1, -0.05) is 0 Å². The monoisotopic (exact) mass is 257 g/mol. The molecule has 1 aliphatic rings. The molecule has 0 bridgehead atoms. The van der Waals surface area contributed by atoms with E-state index in [1.54, 1.807) is 6.20 Å². The minimum atomic E-state index is -2.81. The largest absolute Gasteiger partial charge is 0.334 e. The van der Waals surface area contributed by atoms with Gasteiger partial charge in [-0.05, 0) is 19.8 Å². The van der Waals surface area contributed by atoms with Crippen LogP contribution in [-0.2, 0) is 16.4 Å². The SMILES string of the molecule is Cc1nccn1CCNCC1CCCS1(=O)=O. The van der Waals surface area contributed by atoms with Gasteiger partial charge in [-0.2, -0.15) is 0 Å². The number of nitrogens with one attached hydrogen (secondary N) is 1. The van der Waals surface area contributed by atoms with Gasteiger partial charge < -0.3 is 9.88 Å². The van der Waals surface area contributed by atoms with Crippen LogP contribution in [-0.4, -0.2) is 42.1 Å². The lowest BCUT2D eigenvalue weighted by Crippen LogP contribution is -2.32. The van der Waals surface area contributed by atoms with Crippen molar-refractivity contribution in [2.75, 3.05) is 18.8 Å². The molecule has 1 saturated heterocycles. The van der Waals surface area contributed by atoms with Gasteiger partial charge in [0.15, 0.2) is 9.84 Å². The molecule has 1 N–H and O–H groups in total. The summed E-state index contributed by atoms with van der Waals surface area (Å²) in [6.45, 7) is 4.15. The normalized spacial score (nSPS) is 23.0. The van der Waals surface area contributed by atoms with Crippen molar-refractivity contribution in [3.05, 3.63) is 18.2 Å². The van der Waals surface area contributed by atoms with Crippen molar-refractivity contribution in [3.63, 3.8) is 0 Å². The average Bonchev–Trinajstić information content (AvgIpc) is 2.81. The summed E-state index contributed by atoms with van der Waals surface area (Å²) < 4.78 is 25.2. The molecular formula is C11H19N3O2S. The second-order valence-corrected chi connectivity index (χ2v) is 6.90. The van der Waals surface area contributed by atoms with Crippen LogP contribution in [0.3, 0.4) is 0 Å². The summed E-state index contributed by atoms with van der Waals surface area (Å²) in [5.74, 6) is 1.35. The van der Waals surface area contributed by atoms with Crippen molar-refractivity contribution in [2.45, 2.75) is 31.6 Å². The fourth-order valence-electron chi connectivity index (χ4n) is 2.19. The van der Waals surface area contributed by atoms with E-state index in [1.807, 2.05) is 13.1 Å². The summed E-state index contributed by atoms with van der Waals surface area (Å²) in [5.41, 5.74) is 0. The van der Waals surface area contributed by atoms with Crippen LogP contribution >= 0.6 is 0 Å². The Morgan fingerprint density at radius 3 is 3.00 bits per heavy atom. The highest BCUT2D eigenvalue weighted by molar-refractivity contribution is 7.92. The van der Waals surface area contributed by atoms with Gasteiger partial charge in [-0.25, -0.2) is 13.4 Å². The highest BCUT2D eigenvalue weighted by atomic mass is 32.2. The lowest BCUT2D eigenvalue weighted by atomic mass is 10.2. The fourth-order valence-corrected chi connectivity index (χ4v) is 3.99. The minimum absolute atomic E-state index is 0.175. The van der Waals surface area contributed by atoms with Crippen LogP contribution in [0.1, 0.15) is 18.7 Å². The molecule has 1 fully saturated rings. The first-order valence-electron chi connectivity index (χ1n) is 5.99. The van der Waals surface area contributed by atoms with Gasteiger partial charge in [0.2, 0.25) is 0 Å². The molecule has 1 aromatic heterocycles. The lowest BCUT2D eigenvalue weighted by molar-refractivity contribution is 0.553. The van der Waals surface area contributed by atoms with Crippen LogP contribution < -0.4 is 5.32 Å².